The third kappa shape index (κ3) is 3.17. The molecule has 2 rings (SSSR count). The molecule has 0 aliphatic rings. The number of nitrogens with one attached hydrogen (secondary N) is 1. The largest absolute Gasteiger partial charge is 0.308 e. The van der Waals surface area contributed by atoms with Crippen LogP contribution in [0.15, 0.2) is 24.3 Å². The van der Waals surface area contributed by atoms with Crippen molar-refractivity contribution in [3.63, 3.8) is 0 Å². The number of hydrogen-bond acceptors (Lipinski definition) is 4. The van der Waals surface area contributed by atoms with Gasteiger partial charge in [-0.1, -0.05) is 32.4 Å². The second kappa shape index (κ2) is 6.43. The normalized spacial score (nSPS) is 12.6. The van der Waals surface area contributed by atoms with Crippen molar-refractivity contribution in [2.75, 3.05) is 6.54 Å². The monoisotopic (exact) mass is 259 g/mol. The Morgan fingerprint density at radius 3 is 2.58 bits per heavy atom. The van der Waals surface area contributed by atoms with E-state index in [0.717, 1.165) is 30.9 Å². The van der Waals surface area contributed by atoms with Crippen molar-refractivity contribution in [2.45, 2.75) is 39.7 Å². The van der Waals surface area contributed by atoms with Crippen molar-refractivity contribution in [3.05, 3.63) is 35.7 Å². The van der Waals surface area contributed by atoms with E-state index in [-0.39, 0.29) is 6.04 Å². The average molecular weight is 259 g/mol. The lowest BCUT2D eigenvalue weighted by atomic mass is 10.1. The van der Waals surface area contributed by atoms with Gasteiger partial charge in [0.1, 0.15) is 0 Å². The number of aryl methyl sites for hydroxylation is 1. The lowest BCUT2D eigenvalue weighted by Gasteiger charge is -2.12. The number of nitrogens with zero attached hydrogens (tertiary/aromatic N) is 4. The summed E-state index contributed by atoms with van der Waals surface area (Å²) >= 11 is 0. The molecular weight excluding hydrogens is 238 g/mol. The molecule has 0 spiro atoms. The Labute approximate surface area is 114 Å². The fraction of sp³-hybridized carbons (Fsp3) is 0.500. The molecule has 1 unspecified atom stereocenters. The van der Waals surface area contributed by atoms with Crippen LogP contribution in [0.1, 0.15) is 44.6 Å². The minimum Gasteiger partial charge on any atom is -0.308 e. The molecule has 0 saturated heterocycles. The summed E-state index contributed by atoms with van der Waals surface area (Å²) < 4.78 is 1.79. The van der Waals surface area contributed by atoms with Crippen LogP contribution < -0.4 is 5.32 Å². The number of benzene rings is 1. The summed E-state index contributed by atoms with van der Waals surface area (Å²) in [6.07, 6.45) is 2.27. The van der Waals surface area contributed by atoms with Crippen LogP contribution in [-0.4, -0.2) is 26.8 Å². The van der Waals surface area contributed by atoms with Gasteiger partial charge in [-0.05, 0) is 48.0 Å². The predicted molar refractivity (Wildman–Crippen MR) is 75.2 cm³/mol. The predicted octanol–water partition coefficient (Wildman–Crippen LogP) is 2.29. The van der Waals surface area contributed by atoms with Gasteiger partial charge in [0, 0.05) is 0 Å². The molecule has 102 valence electrons. The first-order chi connectivity index (χ1) is 9.26. The molecule has 0 aliphatic heterocycles. The first-order valence-electron chi connectivity index (χ1n) is 6.87. The molecule has 0 bridgehead atoms. The van der Waals surface area contributed by atoms with Gasteiger partial charge in [-0.25, -0.2) is 0 Å². The van der Waals surface area contributed by atoms with Crippen molar-refractivity contribution >= 4 is 0 Å². The zero-order chi connectivity index (χ0) is 13.7. The summed E-state index contributed by atoms with van der Waals surface area (Å²) in [6, 6.07) is 8.56. The second-order valence-corrected chi connectivity index (χ2v) is 4.64. The van der Waals surface area contributed by atoms with Gasteiger partial charge in [0.15, 0.2) is 5.82 Å². The molecule has 19 heavy (non-hydrogen) atoms. The van der Waals surface area contributed by atoms with Gasteiger partial charge in [0.25, 0.3) is 0 Å². The highest BCUT2D eigenvalue weighted by Gasteiger charge is 2.14. The molecule has 1 aromatic carbocycles. The Morgan fingerprint density at radius 2 is 1.95 bits per heavy atom. The molecule has 5 nitrogen and oxygen atoms in total. The average Bonchev–Trinajstić information content (AvgIpc) is 2.89. The lowest BCUT2D eigenvalue weighted by Crippen LogP contribution is -2.21. The number of hydrogen-bond donors (Lipinski definition) is 1. The van der Waals surface area contributed by atoms with Crippen LogP contribution >= 0.6 is 0 Å². The highest BCUT2D eigenvalue weighted by Crippen LogP contribution is 2.15. The van der Waals surface area contributed by atoms with E-state index >= 15 is 0 Å². The summed E-state index contributed by atoms with van der Waals surface area (Å²) in [4.78, 5) is 0. The maximum absolute atomic E-state index is 4.11. The van der Waals surface area contributed by atoms with E-state index in [1.54, 1.807) is 4.68 Å². The summed E-state index contributed by atoms with van der Waals surface area (Å²) in [6.45, 7) is 7.22. The Balaban J connectivity index is 2.24. The highest BCUT2D eigenvalue weighted by molar-refractivity contribution is 5.34. The molecule has 1 aromatic heterocycles. The van der Waals surface area contributed by atoms with Crippen molar-refractivity contribution in [3.8, 4) is 5.69 Å². The molecule has 0 fully saturated rings. The fourth-order valence-electron chi connectivity index (χ4n) is 2.14. The molecular formula is C14H21N5. The summed E-state index contributed by atoms with van der Waals surface area (Å²) in [5.74, 6) is 0.838. The zero-order valence-corrected chi connectivity index (χ0v) is 11.8. The molecule has 2 aromatic rings. The first kappa shape index (κ1) is 13.7. The van der Waals surface area contributed by atoms with Gasteiger partial charge in [-0.15, -0.1) is 5.10 Å². The Kier molecular flexibility index (Phi) is 4.63. The minimum atomic E-state index is 0.135. The van der Waals surface area contributed by atoms with Gasteiger partial charge in [0.2, 0.25) is 0 Å². The van der Waals surface area contributed by atoms with E-state index in [4.69, 9.17) is 0 Å². The molecule has 0 radical (unpaired) electrons. The number of aromatic nitrogens is 4. The molecule has 1 atom stereocenters. The van der Waals surface area contributed by atoms with E-state index in [9.17, 15) is 0 Å². The topological polar surface area (TPSA) is 55.6 Å². The van der Waals surface area contributed by atoms with Crippen LogP contribution in [0.4, 0.5) is 0 Å². The van der Waals surface area contributed by atoms with Crippen LogP contribution in [0.3, 0.4) is 0 Å². The quantitative estimate of drug-likeness (QED) is 0.864. The summed E-state index contributed by atoms with van der Waals surface area (Å²) in [5.41, 5.74) is 2.35. The maximum Gasteiger partial charge on any atom is 0.173 e. The van der Waals surface area contributed by atoms with E-state index < -0.39 is 0 Å². The maximum atomic E-state index is 4.11. The molecule has 1 N–H and O–H groups in total. The third-order valence-corrected chi connectivity index (χ3v) is 3.11. The Morgan fingerprint density at radius 1 is 1.21 bits per heavy atom. The van der Waals surface area contributed by atoms with Gasteiger partial charge in [-0.2, -0.15) is 4.68 Å². The van der Waals surface area contributed by atoms with Crippen molar-refractivity contribution in [2.24, 2.45) is 0 Å². The van der Waals surface area contributed by atoms with Crippen LogP contribution in [0.2, 0.25) is 0 Å². The van der Waals surface area contributed by atoms with Crippen LogP contribution in [0, 0.1) is 0 Å². The smallest absolute Gasteiger partial charge is 0.173 e. The van der Waals surface area contributed by atoms with E-state index in [1.807, 2.05) is 0 Å². The summed E-state index contributed by atoms with van der Waals surface area (Å²) in [7, 11) is 0. The van der Waals surface area contributed by atoms with E-state index in [1.165, 1.54) is 5.56 Å². The van der Waals surface area contributed by atoms with Crippen molar-refractivity contribution in [1.82, 2.24) is 25.5 Å². The SMILES string of the molecule is CCCc1ccc(-n2nnnc2C(C)NCC)cc1. The molecule has 0 amide bonds. The molecule has 5 heteroatoms. The Hall–Kier alpha value is -1.75. The van der Waals surface area contributed by atoms with E-state index in [0.29, 0.717) is 0 Å². The molecule has 1 heterocycles. The Bertz CT molecular complexity index is 503. The number of tetrazole rings is 1. The standard InChI is InChI=1S/C14H21N5/c1-4-6-12-7-9-13(10-8-12)19-14(16-17-18-19)11(3)15-5-2/h7-11,15H,4-6H2,1-3H3. The first-order valence-corrected chi connectivity index (χ1v) is 6.87. The summed E-state index contributed by atoms with van der Waals surface area (Å²) in [5, 5.41) is 15.3. The van der Waals surface area contributed by atoms with Gasteiger partial charge < -0.3 is 5.32 Å². The van der Waals surface area contributed by atoms with Gasteiger partial charge in [-0.3, -0.25) is 0 Å². The van der Waals surface area contributed by atoms with Crippen LogP contribution in [0.5, 0.6) is 0 Å². The minimum absolute atomic E-state index is 0.135. The van der Waals surface area contributed by atoms with Crippen molar-refractivity contribution < 1.29 is 0 Å². The fourth-order valence-corrected chi connectivity index (χ4v) is 2.14. The highest BCUT2D eigenvalue weighted by atomic mass is 15.5. The van der Waals surface area contributed by atoms with Crippen LogP contribution in [0.25, 0.3) is 5.69 Å². The lowest BCUT2D eigenvalue weighted by molar-refractivity contribution is 0.550. The number of rotatable bonds is 6. The van der Waals surface area contributed by atoms with E-state index in [2.05, 4.69) is 65.9 Å². The molecule has 0 saturated carbocycles. The second-order valence-electron chi connectivity index (χ2n) is 4.64. The van der Waals surface area contributed by atoms with Crippen LogP contribution in [-0.2, 0) is 6.42 Å². The zero-order valence-electron chi connectivity index (χ0n) is 11.8. The van der Waals surface area contributed by atoms with Crippen molar-refractivity contribution in [1.29, 1.82) is 0 Å². The third-order valence-electron chi connectivity index (χ3n) is 3.11. The molecule has 0 aliphatic carbocycles. The van der Waals surface area contributed by atoms with Gasteiger partial charge in [0.05, 0.1) is 11.7 Å². The van der Waals surface area contributed by atoms with Gasteiger partial charge >= 0.3 is 0 Å².